The maximum Gasteiger partial charge on any atom is 0.347 e. The number of carbonyl (C=O) groups is 1. The van der Waals surface area contributed by atoms with E-state index in [-0.39, 0.29) is 6.61 Å². The second-order valence-corrected chi connectivity index (χ2v) is 9.01. The highest BCUT2D eigenvalue weighted by atomic mass is 16.6. The van der Waals surface area contributed by atoms with Gasteiger partial charge < -0.3 is 19.3 Å². The number of esters is 1. The van der Waals surface area contributed by atoms with E-state index in [4.69, 9.17) is 14.2 Å². The number of nitrogens with zero attached hydrogens (tertiary/aromatic N) is 1. The average Bonchev–Trinajstić information content (AvgIpc) is 3.36. The van der Waals surface area contributed by atoms with E-state index in [1.807, 2.05) is 12.1 Å². The van der Waals surface area contributed by atoms with E-state index in [0.717, 1.165) is 12.8 Å². The Morgan fingerprint density at radius 2 is 1.43 bits per heavy atom. The predicted molar refractivity (Wildman–Crippen MR) is 109 cm³/mol. The molecule has 0 radical (unpaired) electrons. The zero-order valence-corrected chi connectivity index (χ0v) is 17.3. The largest absolute Gasteiger partial charge is 0.461 e. The molecule has 3 aliphatic heterocycles. The van der Waals surface area contributed by atoms with Crippen molar-refractivity contribution < 1.29 is 24.1 Å². The van der Waals surface area contributed by atoms with Crippen LogP contribution in [-0.2, 0) is 24.6 Å². The Morgan fingerprint density at radius 3 is 1.90 bits per heavy atom. The Balaban J connectivity index is 1.44. The van der Waals surface area contributed by atoms with Gasteiger partial charge >= 0.3 is 5.97 Å². The maximum absolute atomic E-state index is 13.4. The summed E-state index contributed by atoms with van der Waals surface area (Å²) in [4.78, 5) is 15.6. The van der Waals surface area contributed by atoms with E-state index in [1.54, 1.807) is 48.5 Å². The standard InChI is InChI=1S/C24H27NO5/c1-21-13-14-22(2)25(21)23(16-29-21,17-30-22)15-28-20(26)24(27,18-9-5-3-6-10-18)19-11-7-4-8-12-19/h3-12,27H,13-17H2,1-2H3/t21-,22-/m1/s1. The highest BCUT2D eigenvalue weighted by molar-refractivity contribution is 5.85. The Hall–Kier alpha value is -2.25. The summed E-state index contributed by atoms with van der Waals surface area (Å²) in [6, 6.07) is 17.8. The van der Waals surface area contributed by atoms with Crippen LogP contribution in [0.2, 0.25) is 0 Å². The SMILES string of the molecule is C[C@]12CC[C@@]3(C)OCC(COC(=O)C(O)(c4ccccc4)c4ccccc4)(CO1)N23. The van der Waals surface area contributed by atoms with Crippen LogP contribution in [0.4, 0.5) is 0 Å². The molecule has 30 heavy (non-hydrogen) atoms. The van der Waals surface area contributed by atoms with Crippen molar-refractivity contribution >= 4 is 5.97 Å². The number of hydrogen-bond donors (Lipinski definition) is 1. The number of ether oxygens (including phenoxy) is 3. The number of carbonyl (C=O) groups excluding carboxylic acids is 1. The summed E-state index contributed by atoms with van der Waals surface area (Å²) < 4.78 is 18.1. The van der Waals surface area contributed by atoms with Gasteiger partial charge in [0, 0.05) is 0 Å². The molecule has 3 fully saturated rings. The van der Waals surface area contributed by atoms with Crippen LogP contribution in [0.5, 0.6) is 0 Å². The monoisotopic (exact) mass is 409 g/mol. The molecular weight excluding hydrogens is 382 g/mol. The van der Waals surface area contributed by atoms with E-state index in [1.165, 1.54) is 0 Å². The maximum atomic E-state index is 13.4. The molecule has 0 amide bonds. The first-order valence-electron chi connectivity index (χ1n) is 10.4. The molecule has 6 nitrogen and oxygen atoms in total. The molecule has 0 unspecified atom stereocenters. The van der Waals surface area contributed by atoms with Crippen molar-refractivity contribution in [2.45, 2.75) is 49.3 Å². The molecule has 1 N–H and O–H groups in total. The van der Waals surface area contributed by atoms with Gasteiger partial charge in [-0.3, -0.25) is 0 Å². The van der Waals surface area contributed by atoms with Crippen molar-refractivity contribution in [3.05, 3.63) is 71.8 Å². The quantitative estimate of drug-likeness (QED) is 0.766. The Morgan fingerprint density at radius 1 is 0.967 bits per heavy atom. The lowest BCUT2D eigenvalue weighted by Gasteiger charge is -2.38. The molecule has 158 valence electrons. The minimum atomic E-state index is -1.89. The third kappa shape index (κ3) is 2.68. The van der Waals surface area contributed by atoms with E-state index < -0.39 is 28.6 Å². The van der Waals surface area contributed by atoms with Crippen molar-refractivity contribution in [3.63, 3.8) is 0 Å². The molecule has 0 saturated carbocycles. The summed E-state index contributed by atoms with van der Waals surface area (Å²) >= 11 is 0. The predicted octanol–water partition coefficient (Wildman–Crippen LogP) is 2.79. The molecule has 6 heteroatoms. The van der Waals surface area contributed by atoms with Crippen LogP contribution in [0.25, 0.3) is 0 Å². The van der Waals surface area contributed by atoms with E-state index in [9.17, 15) is 9.90 Å². The zero-order valence-electron chi connectivity index (χ0n) is 17.3. The lowest BCUT2D eigenvalue weighted by Crippen LogP contribution is -2.57. The van der Waals surface area contributed by atoms with Crippen LogP contribution in [-0.4, -0.2) is 52.8 Å². The lowest BCUT2D eigenvalue weighted by atomic mass is 9.86. The molecule has 0 aromatic heterocycles. The van der Waals surface area contributed by atoms with Crippen LogP contribution in [0.3, 0.4) is 0 Å². The first-order chi connectivity index (χ1) is 14.3. The first kappa shape index (κ1) is 19.7. The number of hydrogen-bond acceptors (Lipinski definition) is 6. The summed E-state index contributed by atoms with van der Waals surface area (Å²) in [6.45, 7) is 5.10. The summed E-state index contributed by atoms with van der Waals surface area (Å²) in [5.41, 5.74) is -2.31. The van der Waals surface area contributed by atoms with Gasteiger partial charge in [-0.25, -0.2) is 9.69 Å². The van der Waals surface area contributed by atoms with Crippen molar-refractivity contribution in [1.29, 1.82) is 0 Å². The molecule has 2 atom stereocenters. The van der Waals surface area contributed by atoms with Gasteiger partial charge in [0.1, 0.15) is 23.6 Å². The number of benzene rings is 2. The summed E-state index contributed by atoms with van der Waals surface area (Å²) in [5, 5.41) is 11.6. The molecule has 2 aromatic rings. The van der Waals surface area contributed by atoms with Gasteiger partial charge in [0.05, 0.1) is 13.2 Å². The van der Waals surface area contributed by atoms with Crippen LogP contribution in [0.15, 0.2) is 60.7 Å². The van der Waals surface area contributed by atoms with Crippen LogP contribution >= 0.6 is 0 Å². The van der Waals surface area contributed by atoms with Gasteiger partial charge in [-0.15, -0.1) is 0 Å². The third-order valence-corrected chi connectivity index (χ3v) is 6.93. The minimum Gasteiger partial charge on any atom is -0.461 e. The van der Waals surface area contributed by atoms with Crippen molar-refractivity contribution in [1.82, 2.24) is 4.90 Å². The number of rotatable bonds is 5. The molecule has 3 heterocycles. The van der Waals surface area contributed by atoms with Gasteiger partial charge in [0.25, 0.3) is 0 Å². The minimum absolute atomic E-state index is 0.0962. The van der Waals surface area contributed by atoms with E-state index >= 15 is 0 Å². The number of aliphatic hydroxyl groups is 1. The summed E-state index contributed by atoms with van der Waals surface area (Å²) in [7, 11) is 0. The highest BCUT2D eigenvalue weighted by Crippen LogP contribution is 2.55. The fraction of sp³-hybridized carbons (Fsp3) is 0.458. The first-order valence-corrected chi connectivity index (χ1v) is 10.4. The van der Waals surface area contributed by atoms with Crippen LogP contribution in [0, 0.1) is 0 Å². The fourth-order valence-electron chi connectivity index (χ4n) is 5.43. The molecular formula is C24H27NO5. The van der Waals surface area contributed by atoms with E-state index in [0.29, 0.717) is 24.3 Å². The Bertz CT molecular complexity index is 887. The highest BCUT2D eigenvalue weighted by Gasteiger charge is 2.69. The molecule has 2 aromatic carbocycles. The Labute approximate surface area is 176 Å². The van der Waals surface area contributed by atoms with E-state index in [2.05, 4.69) is 18.7 Å². The van der Waals surface area contributed by atoms with Crippen molar-refractivity contribution in [3.8, 4) is 0 Å². The molecule has 3 saturated heterocycles. The fourth-order valence-corrected chi connectivity index (χ4v) is 5.43. The Kier molecular flexibility index (Phi) is 4.35. The average molecular weight is 409 g/mol. The summed E-state index contributed by atoms with van der Waals surface area (Å²) in [5.74, 6) is -0.698. The molecule has 5 rings (SSSR count). The molecule has 3 aliphatic rings. The second kappa shape index (κ2) is 6.62. The van der Waals surface area contributed by atoms with Crippen molar-refractivity contribution in [2.24, 2.45) is 0 Å². The zero-order chi connectivity index (χ0) is 21.0. The van der Waals surface area contributed by atoms with Gasteiger partial charge in [-0.05, 0) is 37.8 Å². The smallest absolute Gasteiger partial charge is 0.347 e. The molecule has 0 aliphatic carbocycles. The second-order valence-electron chi connectivity index (χ2n) is 9.01. The molecule has 0 bridgehead atoms. The normalized spacial score (nSPS) is 32.9. The van der Waals surface area contributed by atoms with Gasteiger partial charge in [0.15, 0.2) is 0 Å². The van der Waals surface area contributed by atoms with Gasteiger partial charge in [-0.1, -0.05) is 60.7 Å². The topological polar surface area (TPSA) is 68.2 Å². The van der Waals surface area contributed by atoms with Gasteiger partial charge in [-0.2, -0.15) is 0 Å². The third-order valence-electron chi connectivity index (χ3n) is 6.93. The van der Waals surface area contributed by atoms with Crippen LogP contribution < -0.4 is 0 Å². The van der Waals surface area contributed by atoms with Crippen LogP contribution in [0.1, 0.15) is 37.8 Å². The van der Waals surface area contributed by atoms with Gasteiger partial charge in [0.2, 0.25) is 5.60 Å². The van der Waals surface area contributed by atoms with Crippen molar-refractivity contribution in [2.75, 3.05) is 19.8 Å². The molecule has 0 spiro atoms. The summed E-state index contributed by atoms with van der Waals surface area (Å²) in [6.07, 6.45) is 1.74. The lowest BCUT2D eigenvalue weighted by molar-refractivity contribution is -0.166.